The van der Waals surface area contributed by atoms with E-state index in [1.54, 1.807) is 48.0 Å². The number of fused-ring (bicyclic) bond motifs is 1. The van der Waals surface area contributed by atoms with E-state index in [9.17, 15) is 19.5 Å². The number of benzene rings is 3. The fourth-order valence-corrected chi connectivity index (χ4v) is 7.32. The summed E-state index contributed by atoms with van der Waals surface area (Å²) in [7, 11) is 0. The number of ether oxygens (including phenoxy) is 1. The number of nitrogens with zero attached hydrogens (tertiary/aromatic N) is 5. The maximum absolute atomic E-state index is 14.5. The summed E-state index contributed by atoms with van der Waals surface area (Å²) >= 11 is 0. The fourth-order valence-electron chi connectivity index (χ4n) is 7.32. The van der Waals surface area contributed by atoms with E-state index in [0.717, 1.165) is 38.9 Å². The summed E-state index contributed by atoms with van der Waals surface area (Å²) in [4.78, 5) is 54.1. The van der Waals surface area contributed by atoms with Crippen molar-refractivity contribution in [3.05, 3.63) is 132 Å². The Kier molecular flexibility index (Phi) is 13.7. The molecule has 12 nitrogen and oxygen atoms in total. The maximum atomic E-state index is 14.5. The predicted octanol–water partition coefficient (Wildman–Crippen LogP) is 6.98. The summed E-state index contributed by atoms with van der Waals surface area (Å²) in [5.41, 5.74) is 7.52. The number of aliphatic hydroxyl groups is 1. The van der Waals surface area contributed by atoms with Gasteiger partial charge in [0.1, 0.15) is 11.6 Å². The number of hydrogen-bond acceptors (Lipinski definition) is 8. The lowest BCUT2D eigenvalue weighted by Crippen LogP contribution is -2.58. The molecule has 58 heavy (non-hydrogen) atoms. The second-order valence-corrected chi connectivity index (χ2v) is 16.0. The second kappa shape index (κ2) is 19.1. The molecular formula is C46H55N7O5. The summed E-state index contributed by atoms with van der Waals surface area (Å²) in [5, 5.41) is 17.8. The topological polar surface area (TPSA) is 140 Å². The molecule has 4 atom stereocenters. The van der Waals surface area contributed by atoms with Gasteiger partial charge in [-0.2, -0.15) is 0 Å². The molecule has 0 radical (unpaired) electrons. The van der Waals surface area contributed by atoms with E-state index in [4.69, 9.17) is 4.74 Å². The largest absolute Gasteiger partial charge is 0.443 e. The molecule has 3 aromatic carbocycles. The molecule has 1 aliphatic heterocycles. The molecule has 5 aromatic rings. The van der Waals surface area contributed by atoms with Crippen LogP contribution in [-0.4, -0.2) is 91.3 Å². The van der Waals surface area contributed by atoms with Crippen LogP contribution in [0.3, 0.4) is 0 Å². The van der Waals surface area contributed by atoms with Gasteiger partial charge in [-0.05, 0) is 74.1 Å². The molecular weight excluding hydrogens is 731 g/mol. The molecule has 4 amide bonds. The maximum Gasteiger partial charge on any atom is 0.422 e. The number of aromatic nitrogens is 2. The van der Waals surface area contributed by atoms with E-state index < -0.39 is 29.9 Å². The molecule has 0 spiro atoms. The van der Waals surface area contributed by atoms with E-state index in [2.05, 4.69) is 20.7 Å². The van der Waals surface area contributed by atoms with Gasteiger partial charge in [-0.15, -0.1) is 0 Å². The van der Waals surface area contributed by atoms with Crippen LogP contribution in [0.15, 0.2) is 116 Å². The Hall–Kier alpha value is -5.85. The lowest BCUT2D eigenvalue weighted by atomic mass is 9.95. The molecule has 12 heteroatoms. The minimum atomic E-state index is -1.14. The van der Waals surface area contributed by atoms with Crippen molar-refractivity contribution in [1.82, 2.24) is 35.5 Å². The zero-order chi connectivity index (χ0) is 41.2. The highest BCUT2D eigenvalue weighted by atomic mass is 16.6. The van der Waals surface area contributed by atoms with E-state index in [-0.39, 0.29) is 30.9 Å². The molecule has 1 aliphatic rings. The highest BCUT2D eigenvalue weighted by molar-refractivity contribution is 5.89. The molecule has 0 bridgehead atoms. The predicted molar refractivity (Wildman–Crippen MR) is 225 cm³/mol. The van der Waals surface area contributed by atoms with Gasteiger partial charge in [0.15, 0.2) is 0 Å². The number of pyridine rings is 2. The van der Waals surface area contributed by atoms with Crippen LogP contribution in [0, 0.1) is 5.92 Å². The van der Waals surface area contributed by atoms with Crippen molar-refractivity contribution in [2.45, 2.75) is 84.3 Å². The fraction of sp³-hybridized carbons (Fsp3) is 0.370. The van der Waals surface area contributed by atoms with Gasteiger partial charge in [0, 0.05) is 56.1 Å². The quantitative estimate of drug-likeness (QED) is 0.0912. The number of aliphatic hydroxyl groups excluding tert-OH is 1. The molecule has 1 fully saturated rings. The van der Waals surface area contributed by atoms with Gasteiger partial charge >= 0.3 is 12.1 Å². The van der Waals surface area contributed by atoms with Gasteiger partial charge in [-0.3, -0.25) is 20.2 Å². The number of amides is 4. The first-order valence-electron chi connectivity index (χ1n) is 20.0. The Morgan fingerprint density at radius 3 is 2.31 bits per heavy atom. The van der Waals surface area contributed by atoms with E-state index in [1.807, 2.05) is 117 Å². The third kappa shape index (κ3) is 11.0. The number of carbonyl (C=O) groups is 3. The average Bonchev–Trinajstić information content (AvgIpc) is 3.56. The van der Waals surface area contributed by atoms with Crippen molar-refractivity contribution in [1.29, 1.82) is 0 Å². The number of carbonyl (C=O) groups excluding carboxylic acids is 3. The first-order chi connectivity index (χ1) is 27.9. The smallest absolute Gasteiger partial charge is 0.422 e. The Bertz CT molecular complexity index is 2120. The molecule has 2 aromatic heterocycles. The van der Waals surface area contributed by atoms with Crippen LogP contribution in [0.4, 0.5) is 9.59 Å². The molecule has 6 rings (SSSR count). The highest BCUT2D eigenvalue weighted by Gasteiger charge is 2.41. The van der Waals surface area contributed by atoms with E-state index >= 15 is 0 Å². The van der Waals surface area contributed by atoms with Crippen LogP contribution < -0.4 is 10.7 Å². The van der Waals surface area contributed by atoms with Gasteiger partial charge in [0.05, 0.1) is 23.4 Å². The number of hydrogen-bond donors (Lipinski definition) is 3. The third-order valence-electron chi connectivity index (χ3n) is 10.4. The van der Waals surface area contributed by atoms with E-state index in [1.165, 1.54) is 0 Å². The zero-order valence-electron chi connectivity index (χ0n) is 34.0. The molecule has 3 heterocycles. The molecule has 304 valence electrons. The molecule has 1 unspecified atom stereocenters. The minimum absolute atomic E-state index is 0.0384. The second-order valence-electron chi connectivity index (χ2n) is 16.0. The standard InChI is InChI=1S/C46H55N7O5/c1-6-32(2)42(53-27-26-51(45(53)57)30-36-23-25-48-39-18-11-10-16-37(36)39)43(55)49-40(28-33-14-8-7-9-15-33)41(54)31-52(50-44(56)58-46(3,4)5)29-34-19-21-35(22-20-34)38-17-12-13-24-47-38/h7-25,32,40-42,54H,6,26-31H2,1-5H3,(H,49,55)(H,50,56)/t32?,40-,41-,42-/m0/s1. The highest BCUT2D eigenvalue weighted by Crippen LogP contribution is 2.25. The number of para-hydroxylation sites is 1. The third-order valence-corrected chi connectivity index (χ3v) is 10.4. The Morgan fingerprint density at radius 1 is 0.879 bits per heavy atom. The van der Waals surface area contributed by atoms with E-state index in [0.29, 0.717) is 32.5 Å². The summed E-state index contributed by atoms with van der Waals surface area (Å²) in [5.74, 6) is -0.504. The van der Waals surface area contributed by atoms with Gasteiger partial charge in [-0.1, -0.05) is 99.1 Å². The first-order valence-corrected chi connectivity index (χ1v) is 20.0. The van der Waals surface area contributed by atoms with Crippen molar-refractivity contribution < 1.29 is 24.2 Å². The molecule has 3 N–H and O–H groups in total. The van der Waals surface area contributed by atoms with Crippen molar-refractivity contribution in [2.24, 2.45) is 5.92 Å². The van der Waals surface area contributed by atoms with Gasteiger partial charge in [0.2, 0.25) is 5.91 Å². The van der Waals surface area contributed by atoms with Crippen molar-refractivity contribution in [2.75, 3.05) is 19.6 Å². The zero-order valence-corrected chi connectivity index (χ0v) is 34.0. The van der Waals surface area contributed by atoms with Crippen LogP contribution in [0.25, 0.3) is 22.2 Å². The monoisotopic (exact) mass is 785 g/mol. The average molecular weight is 786 g/mol. The number of hydrazine groups is 1. The molecule has 0 aliphatic carbocycles. The normalized spacial score (nSPS) is 15.3. The molecule has 1 saturated heterocycles. The SMILES string of the molecule is CCC(C)[C@@H](C(=O)N[C@@H](Cc1ccccc1)[C@@H](O)CN(Cc1ccc(-c2ccccn2)cc1)NC(=O)OC(C)(C)C)N1CCN(Cc2ccnc3ccccc23)C1=O. The van der Waals surface area contributed by atoms with Crippen LogP contribution >= 0.6 is 0 Å². The minimum Gasteiger partial charge on any atom is -0.443 e. The van der Waals surface area contributed by atoms with Gasteiger partial charge in [-0.25, -0.2) is 14.6 Å². The number of nitrogens with one attached hydrogen (secondary N) is 2. The van der Waals surface area contributed by atoms with Crippen LogP contribution in [0.1, 0.15) is 57.7 Å². The first kappa shape index (κ1) is 41.8. The van der Waals surface area contributed by atoms with Crippen molar-refractivity contribution in [3.63, 3.8) is 0 Å². The van der Waals surface area contributed by atoms with Crippen molar-refractivity contribution in [3.8, 4) is 11.3 Å². The van der Waals surface area contributed by atoms with Crippen LogP contribution in [0.2, 0.25) is 0 Å². The summed E-state index contributed by atoms with van der Waals surface area (Å²) in [6.07, 6.45) is 2.67. The number of urea groups is 1. The van der Waals surface area contributed by atoms with Crippen LogP contribution in [0.5, 0.6) is 0 Å². The lowest BCUT2D eigenvalue weighted by Gasteiger charge is -2.35. The van der Waals surface area contributed by atoms with Gasteiger partial charge < -0.3 is 25.0 Å². The van der Waals surface area contributed by atoms with Crippen LogP contribution in [-0.2, 0) is 29.0 Å². The molecule has 0 saturated carbocycles. The lowest BCUT2D eigenvalue weighted by molar-refractivity contribution is -0.128. The number of rotatable bonds is 16. The Balaban J connectivity index is 1.21. The summed E-state index contributed by atoms with van der Waals surface area (Å²) < 4.78 is 5.59. The summed E-state index contributed by atoms with van der Waals surface area (Å²) in [6.45, 7) is 10.8. The Morgan fingerprint density at radius 2 is 1.60 bits per heavy atom. The van der Waals surface area contributed by atoms with Gasteiger partial charge in [0.25, 0.3) is 0 Å². The Labute approximate surface area is 341 Å². The van der Waals surface area contributed by atoms with Crippen molar-refractivity contribution >= 4 is 28.9 Å². The summed E-state index contributed by atoms with van der Waals surface area (Å²) in [6, 6.07) is 31.3.